The van der Waals surface area contributed by atoms with E-state index in [1.54, 1.807) is 6.20 Å². The quantitative estimate of drug-likeness (QED) is 0.893. The Labute approximate surface area is 104 Å². The standard InChI is InChI=1S/C11H17BrN4/c1-2-11(4-3-5-11)7-15-9-8(12)6-14-10(13)16-9/h6H,2-5,7H2,1H3,(H3,13,14,15,16). The van der Waals surface area contributed by atoms with Crippen LogP contribution in [0.25, 0.3) is 0 Å². The van der Waals surface area contributed by atoms with Crippen molar-refractivity contribution in [3.05, 3.63) is 10.7 Å². The van der Waals surface area contributed by atoms with Gasteiger partial charge in [0.15, 0.2) is 0 Å². The molecule has 88 valence electrons. The van der Waals surface area contributed by atoms with Gasteiger partial charge in [-0.3, -0.25) is 0 Å². The molecule has 4 nitrogen and oxygen atoms in total. The van der Waals surface area contributed by atoms with Crippen molar-refractivity contribution in [3.8, 4) is 0 Å². The van der Waals surface area contributed by atoms with Crippen LogP contribution in [0.1, 0.15) is 32.6 Å². The molecule has 1 saturated carbocycles. The van der Waals surface area contributed by atoms with Gasteiger partial charge in [0.25, 0.3) is 0 Å². The first-order chi connectivity index (χ1) is 7.65. The van der Waals surface area contributed by atoms with Crippen molar-refractivity contribution in [1.82, 2.24) is 9.97 Å². The van der Waals surface area contributed by atoms with Gasteiger partial charge in [-0.25, -0.2) is 4.98 Å². The number of aromatic nitrogens is 2. The Bertz CT molecular complexity index is 371. The second-order valence-corrected chi connectivity index (χ2v) is 5.34. The molecular weight excluding hydrogens is 268 g/mol. The normalized spacial score (nSPS) is 17.9. The molecule has 16 heavy (non-hydrogen) atoms. The van der Waals surface area contributed by atoms with E-state index in [1.807, 2.05) is 0 Å². The van der Waals surface area contributed by atoms with Gasteiger partial charge in [-0.15, -0.1) is 0 Å². The Morgan fingerprint density at radius 1 is 1.56 bits per heavy atom. The highest BCUT2D eigenvalue weighted by Gasteiger charge is 2.34. The summed E-state index contributed by atoms with van der Waals surface area (Å²) in [5.41, 5.74) is 6.03. The molecule has 1 aromatic rings. The molecule has 1 fully saturated rings. The summed E-state index contributed by atoms with van der Waals surface area (Å²) in [5, 5.41) is 3.37. The summed E-state index contributed by atoms with van der Waals surface area (Å²) in [7, 11) is 0. The van der Waals surface area contributed by atoms with E-state index >= 15 is 0 Å². The summed E-state index contributed by atoms with van der Waals surface area (Å²) in [6.07, 6.45) is 6.88. The average molecular weight is 285 g/mol. The fraction of sp³-hybridized carbons (Fsp3) is 0.636. The van der Waals surface area contributed by atoms with Gasteiger partial charge in [0.05, 0.1) is 4.47 Å². The number of rotatable bonds is 4. The predicted octanol–water partition coefficient (Wildman–Crippen LogP) is 2.81. The number of halogens is 1. The fourth-order valence-corrected chi connectivity index (χ4v) is 2.44. The zero-order chi connectivity index (χ0) is 11.6. The van der Waals surface area contributed by atoms with Crippen molar-refractivity contribution in [2.24, 2.45) is 5.41 Å². The van der Waals surface area contributed by atoms with Crippen LogP contribution in [0.15, 0.2) is 10.7 Å². The van der Waals surface area contributed by atoms with E-state index in [0.29, 0.717) is 11.4 Å². The smallest absolute Gasteiger partial charge is 0.221 e. The van der Waals surface area contributed by atoms with E-state index < -0.39 is 0 Å². The number of hydrogen-bond donors (Lipinski definition) is 2. The first-order valence-corrected chi connectivity index (χ1v) is 6.46. The lowest BCUT2D eigenvalue weighted by Crippen LogP contribution is -2.36. The Hall–Kier alpha value is -0.840. The molecule has 0 atom stereocenters. The van der Waals surface area contributed by atoms with E-state index in [2.05, 4.69) is 38.1 Å². The van der Waals surface area contributed by atoms with E-state index in [9.17, 15) is 0 Å². The third kappa shape index (κ3) is 2.29. The molecule has 0 unspecified atom stereocenters. The number of nitrogens with zero attached hydrogens (tertiary/aromatic N) is 2. The molecule has 1 aromatic heterocycles. The SMILES string of the molecule is CCC1(CNc2nc(N)ncc2Br)CCC1. The first-order valence-electron chi connectivity index (χ1n) is 5.67. The predicted molar refractivity (Wildman–Crippen MR) is 69.2 cm³/mol. The second kappa shape index (κ2) is 4.57. The average Bonchev–Trinajstić information content (AvgIpc) is 2.22. The maximum Gasteiger partial charge on any atom is 0.221 e. The maximum absolute atomic E-state index is 5.56. The highest BCUT2D eigenvalue weighted by molar-refractivity contribution is 9.10. The molecule has 5 heteroatoms. The Morgan fingerprint density at radius 2 is 2.31 bits per heavy atom. The summed E-state index contributed by atoms with van der Waals surface area (Å²) in [6.45, 7) is 3.22. The lowest BCUT2D eigenvalue weighted by molar-refractivity contribution is 0.145. The summed E-state index contributed by atoms with van der Waals surface area (Å²) < 4.78 is 0.868. The summed E-state index contributed by atoms with van der Waals surface area (Å²) in [6, 6.07) is 0. The van der Waals surface area contributed by atoms with Gasteiger partial charge in [-0.2, -0.15) is 4.98 Å². The van der Waals surface area contributed by atoms with Crippen molar-refractivity contribution in [2.45, 2.75) is 32.6 Å². The van der Waals surface area contributed by atoms with Gasteiger partial charge < -0.3 is 11.1 Å². The second-order valence-electron chi connectivity index (χ2n) is 4.49. The molecule has 1 aliphatic rings. The van der Waals surface area contributed by atoms with Crippen molar-refractivity contribution < 1.29 is 0 Å². The number of nitrogens with one attached hydrogen (secondary N) is 1. The van der Waals surface area contributed by atoms with Crippen molar-refractivity contribution in [2.75, 3.05) is 17.6 Å². The van der Waals surface area contributed by atoms with Gasteiger partial charge in [0, 0.05) is 12.7 Å². The molecule has 0 bridgehead atoms. The van der Waals surface area contributed by atoms with E-state index in [-0.39, 0.29) is 0 Å². The number of nitrogens with two attached hydrogens (primary N) is 1. The maximum atomic E-state index is 5.56. The highest BCUT2D eigenvalue weighted by Crippen LogP contribution is 2.43. The van der Waals surface area contributed by atoms with Crippen LogP contribution in [0.4, 0.5) is 11.8 Å². The Kier molecular flexibility index (Phi) is 3.33. The topological polar surface area (TPSA) is 63.8 Å². The lowest BCUT2D eigenvalue weighted by Gasteiger charge is -2.41. The molecule has 0 aromatic carbocycles. The monoisotopic (exact) mass is 284 g/mol. The Morgan fingerprint density at radius 3 is 2.88 bits per heavy atom. The summed E-state index contributed by atoms with van der Waals surface area (Å²) >= 11 is 3.42. The summed E-state index contributed by atoms with van der Waals surface area (Å²) in [4.78, 5) is 8.10. The van der Waals surface area contributed by atoms with Gasteiger partial charge in [0.1, 0.15) is 5.82 Å². The van der Waals surface area contributed by atoms with Gasteiger partial charge in [-0.05, 0) is 40.6 Å². The minimum atomic E-state index is 0.310. The number of anilines is 2. The molecule has 2 rings (SSSR count). The molecule has 0 radical (unpaired) electrons. The van der Waals surface area contributed by atoms with E-state index in [1.165, 1.54) is 25.7 Å². The fourth-order valence-electron chi connectivity index (χ4n) is 2.11. The minimum absolute atomic E-state index is 0.310. The molecule has 0 saturated heterocycles. The minimum Gasteiger partial charge on any atom is -0.368 e. The number of nitrogen functional groups attached to an aromatic ring is 1. The largest absolute Gasteiger partial charge is 0.368 e. The van der Waals surface area contributed by atoms with Crippen LogP contribution in [-0.4, -0.2) is 16.5 Å². The third-order valence-electron chi connectivity index (χ3n) is 3.56. The third-order valence-corrected chi connectivity index (χ3v) is 4.14. The van der Waals surface area contributed by atoms with Gasteiger partial charge >= 0.3 is 0 Å². The number of hydrogen-bond acceptors (Lipinski definition) is 4. The van der Waals surface area contributed by atoms with E-state index in [4.69, 9.17) is 5.73 Å². The van der Waals surface area contributed by atoms with Gasteiger partial charge in [0.2, 0.25) is 5.95 Å². The molecule has 1 aliphatic carbocycles. The zero-order valence-electron chi connectivity index (χ0n) is 9.46. The van der Waals surface area contributed by atoms with Crippen LogP contribution >= 0.6 is 15.9 Å². The van der Waals surface area contributed by atoms with Crippen LogP contribution in [-0.2, 0) is 0 Å². The van der Waals surface area contributed by atoms with Gasteiger partial charge in [-0.1, -0.05) is 13.3 Å². The van der Waals surface area contributed by atoms with Crippen LogP contribution in [0, 0.1) is 5.41 Å². The molecule has 0 amide bonds. The molecular formula is C11H17BrN4. The molecule has 3 N–H and O–H groups in total. The highest BCUT2D eigenvalue weighted by atomic mass is 79.9. The molecule has 1 heterocycles. The van der Waals surface area contributed by atoms with E-state index in [0.717, 1.165) is 16.8 Å². The van der Waals surface area contributed by atoms with Crippen LogP contribution in [0.5, 0.6) is 0 Å². The van der Waals surface area contributed by atoms with Crippen molar-refractivity contribution in [1.29, 1.82) is 0 Å². The first kappa shape index (κ1) is 11.6. The zero-order valence-corrected chi connectivity index (χ0v) is 11.0. The van der Waals surface area contributed by atoms with Crippen molar-refractivity contribution >= 4 is 27.7 Å². The molecule has 0 spiro atoms. The van der Waals surface area contributed by atoms with Crippen LogP contribution < -0.4 is 11.1 Å². The van der Waals surface area contributed by atoms with Crippen LogP contribution in [0.2, 0.25) is 0 Å². The molecule has 0 aliphatic heterocycles. The van der Waals surface area contributed by atoms with Crippen molar-refractivity contribution in [3.63, 3.8) is 0 Å². The Balaban J connectivity index is 2.01. The van der Waals surface area contributed by atoms with Crippen LogP contribution in [0.3, 0.4) is 0 Å². The lowest BCUT2D eigenvalue weighted by atomic mass is 9.67. The summed E-state index contributed by atoms with van der Waals surface area (Å²) in [5.74, 6) is 1.11.